The Balaban J connectivity index is 1.32. The summed E-state index contributed by atoms with van der Waals surface area (Å²) in [6.45, 7) is 0.985. The molecule has 0 aromatic carbocycles. The fourth-order valence-corrected chi connectivity index (χ4v) is 4.36. The SMILES string of the molecule is O=C(CC1CC2CCC1C2)Nc1nnc(C2CCCN2)o1. The van der Waals surface area contributed by atoms with Crippen LogP contribution in [0.3, 0.4) is 0 Å². The van der Waals surface area contributed by atoms with Gasteiger partial charge in [-0.1, -0.05) is 11.5 Å². The first-order chi connectivity index (χ1) is 10.3. The molecule has 6 heteroatoms. The summed E-state index contributed by atoms with van der Waals surface area (Å²) in [5.41, 5.74) is 0. The van der Waals surface area contributed by atoms with Crippen LogP contribution in [0.2, 0.25) is 0 Å². The van der Waals surface area contributed by atoms with Crippen molar-refractivity contribution in [1.29, 1.82) is 0 Å². The highest BCUT2D eigenvalue weighted by Gasteiger charge is 2.40. The second kappa shape index (κ2) is 5.40. The zero-order valence-electron chi connectivity index (χ0n) is 12.2. The predicted octanol–water partition coefficient (Wildman–Crippen LogP) is 2.26. The fourth-order valence-electron chi connectivity index (χ4n) is 4.36. The van der Waals surface area contributed by atoms with Crippen LogP contribution >= 0.6 is 0 Å². The number of rotatable bonds is 4. The Morgan fingerprint density at radius 2 is 2.24 bits per heavy atom. The molecule has 0 spiro atoms. The lowest BCUT2D eigenvalue weighted by atomic mass is 9.86. The first-order valence-corrected chi connectivity index (χ1v) is 8.14. The van der Waals surface area contributed by atoms with Crippen molar-refractivity contribution in [3.63, 3.8) is 0 Å². The van der Waals surface area contributed by atoms with Crippen molar-refractivity contribution in [3.05, 3.63) is 5.89 Å². The summed E-state index contributed by atoms with van der Waals surface area (Å²) < 4.78 is 5.55. The second-order valence-corrected chi connectivity index (χ2v) is 6.78. The number of carbonyl (C=O) groups excluding carboxylic acids is 1. The number of hydrogen-bond acceptors (Lipinski definition) is 5. The summed E-state index contributed by atoms with van der Waals surface area (Å²) in [4.78, 5) is 12.1. The van der Waals surface area contributed by atoms with E-state index in [1.54, 1.807) is 0 Å². The Kier molecular flexibility index (Phi) is 3.41. The van der Waals surface area contributed by atoms with E-state index in [1.807, 2.05) is 0 Å². The largest absolute Gasteiger partial charge is 0.406 e. The molecule has 3 aliphatic rings. The van der Waals surface area contributed by atoms with Crippen LogP contribution in [0.4, 0.5) is 6.01 Å². The maximum atomic E-state index is 12.1. The van der Waals surface area contributed by atoms with E-state index in [1.165, 1.54) is 25.7 Å². The average molecular weight is 290 g/mol. The molecule has 1 aromatic rings. The van der Waals surface area contributed by atoms with Gasteiger partial charge in [-0.15, -0.1) is 5.10 Å². The van der Waals surface area contributed by atoms with Gasteiger partial charge in [0.25, 0.3) is 0 Å². The Morgan fingerprint density at radius 3 is 2.95 bits per heavy atom. The second-order valence-electron chi connectivity index (χ2n) is 6.78. The van der Waals surface area contributed by atoms with Crippen molar-refractivity contribution < 1.29 is 9.21 Å². The molecule has 1 amide bonds. The van der Waals surface area contributed by atoms with E-state index in [-0.39, 0.29) is 18.0 Å². The van der Waals surface area contributed by atoms with Gasteiger partial charge in [0.05, 0.1) is 6.04 Å². The molecule has 114 valence electrons. The quantitative estimate of drug-likeness (QED) is 0.889. The Labute approximate surface area is 124 Å². The van der Waals surface area contributed by atoms with E-state index in [2.05, 4.69) is 20.8 Å². The summed E-state index contributed by atoms with van der Waals surface area (Å²) in [5.74, 6) is 2.80. The molecule has 1 aliphatic heterocycles. The molecule has 1 saturated heterocycles. The molecule has 1 aromatic heterocycles. The first-order valence-electron chi connectivity index (χ1n) is 8.14. The van der Waals surface area contributed by atoms with Gasteiger partial charge in [-0.05, 0) is 56.4 Å². The highest BCUT2D eigenvalue weighted by Crippen LogP contribution is 2.49. The summed E-state index contributed by atoms with van der Waals surface area (Å²) in [6.07, 6.45) is 7.96. The molecule has 21 heavy (non-hydrogen) atoms. The lowest BCUT2D eigenvalue weighted by Gasteiger charge is -2.20. The van der Waals surface area contributed by atoms with Gasteiger partial charge in [-0.3, -0.25) is 10.1 Å². The maximum absolute atomic E-state index is 12.1. The lowest BCUT2D eigenvalue weighted by Crippen LogP contribution is -2.20. The van der Waals surface area contributed by atoms with Crippen molar-refractivity contribution in [3.8, 4) is 0 Å². The normalized spacial score (nSPS) is 34.5. The monoisotopic (exact) mass is 290 g/mol. The zero-order valence-corrected chi connectivity index (χ0v) is 12.2. The number of amides is 1. The molecule has 6 nitrogen and oxygen atoms in total. The molecular formula is C15H22N4O2. The van der Waals surface area contributed by atoms with Crippen LogP contribution in [-0.4, -0.2) is 22.6 Å². The highest BCUT2D eigenvalue weighted by atomic mass is 16.4. The van der Waals surface area contributed by atoms with E-state index in [0.717, 1.165) is 31.2 Å². The third-order valence-electron chi connectivity index (χ3n) is 5.38. The van der Waals surface area contributed by atoms with E-state index in [0.29, 0.717) is 18.2 Å². The average Bonchev–Trinajstić information content (AvgIpc) is 3.23. The van der Waals surface area contributed by atoms with E-state index >= 15 is 0 Å². The smallest absolute Gasteiger partial charge is 0.322 e. The molecule has 2 saturated carbocycles. The van der Waals surface area contributed by atoms with Gasteiger partial charge in [0, 0.05) is 6.42 Å². The topological polar surface area (TPSA) is 80.0 Å². The van der Waals surface area contributed by atoms with Crippen LogP contribution in [0, 0.1) is 17.8 Å². The molecule has 2 bridgehead atoms. The van der Waals surface area contributed by atoms with Crippen molar-refractivity contribution in [2.75, 3.05) is 11.9 Å². The number of anilines is 1. The van der Waals surface area contributed by atoms with Crippen LogP contribution in [0.5, 0.6) is 0 Å². The summed E-state index contributed by atoms with van der Waals surface area (Å²) in [5, 5.41) is 14.0. The molecule has 4 unspecified atom stereocenters. The van der Waals surface area contributed by atoms with Crippen molar-refractivity contribution in [2.45, 2.75) is 51.0 Å². The summed E-state index contributed by atoms with van der Waals surface area (Å²) >= 11 is 0. The van der Waals surface area contributed by atoms with Gasteiger partial charge in [-0.25, -0.2) is 0 Å². The maximum Gasteiger partial charge on any atom is 0.322 e. The molecule has 3 fully saturated rings. The first kappa shape index (κ1) is 13.2. The summed E-state index contributed by atoms with van der Waals surface area (Å²) in [7, 11) is 0. The third-order valence-corrected chi connectivity index (χ3v) is 5.38. The standard InChI is InChI=1S/C15H22N4O2/c20-13(8-11-7-9-3-4-10(11)6-9)17-15-19-18-14(21-15)12-2-1-5-16-12/h9-12,16H,1-8H2,(H,17,19,20). The van der Waals surface area contributed by atoms with Gasteiger partial charge in [0.2, 0.25) is 11.8 Å². The number of aromatic nitrogens is 2. The van der Waals surface area contributed by atoms with Crippen LogP contribution in [0.25, 0.3) is 0 Å². The predicted molar refractivity (Wildman–Crippen MR) is 76.5 cm³/mol. The molecule has 0 radical (unpaired) electrons. The van der Waals surface area contributed by atoms with E-state index in [4.69, 9.17) is 4.42 Å². The number of nitrogens with one attached hydrogen (secondary N) is 2. The highest BCUT2D eigenvalue weighted by molar-refractivity contribution is 5.88. The Morgan fingerprint density at radius 1 is 1.29 bits per heavy atom. The lowest BCUT2D eigenvalue weighted by molar-refractivity contribution is -0.117. The van der Waals surface area contributed by atoms with Gasteiger partial charge < -0.3 is 9.73 Å². The van der Waals surface area contributed by atoms with Crippen molar-refractivity contribution in [2.24, 2.45) is 17.8 Å². The molecule has 2 aliphatic carbocycles. The molecule has 4 rings (SSSR count). The minimum atomic E-state index is 0.0159. The van der Waals surface area contributed by atoms with Gasteiger partial charge in [-0.2, -0.15) is 0 Å². The Bertz CT molecular complexity index is 523. The number of hydrogen-bond donors (Lipinski definition) is 2. The Hall–Kier alpha value is -1.43. The zero-order chi connectivity index (χ0) is 14.2. The minimum absolute atomic E-state index is 0.0159. The van der Waals surface area contributed by atoms with Crippen molar-refractivity contribution >= 4 is 11.9 Å². The van der Waals surface area contributed by atoms with Gasteiger partial charge in [0.15, 0.2) is 0 Å². The molecule has 2 N–H and O–H groups in total. The van der Waals surface area contributed by atoms with Gasteiger partial charge in [0.1, 0.15) is 0 Å². The number of nitrogens with zero attached hydrogens (tertiary/aromatic N) is 2. The number of fused-ring (bicyclic) bond motifs is 2. The van der Waals surface area contributed by atoms with Crippen LogP contribution in [0.15, 0.2) is 4.42 Å². The van der Waals surface area contributed by atoms with Crippen molar-refractivity contribution in [1.82, 2.24) is 15.5 Å². The molecular weight excluding hydrogens is 268 g/mol. The molecule has 4 atom stereocenters. The van der Waals surface area contributed by atoms with E-state index in [9.17, 15) is 4.79 Å². The van der Waals surface area contributed by atoms with Gasteiger partial charge >= 0.3 is 6.01 Å². The minimum Gasteiger partial charge on any atom is -0.406 e. The third kappa shape index (κ3) is 2.69. The van der Waals surface area contributed by atoms with Crippen LogP contribution in [-0.2, 0) is 4.79 Å². The van der Waals surface area contributed by atoms with Crippen LogP contribution in [0.1, 0.15) is 56.9 Å². The molecule has 2 heterocycles. The number of carbonyl (C=O) groups is 1. The summed E-state index contributed by atoms with van der Waals surface area (Å²) in [6, 6.07) is 0.389. The van der Waals surface area contributed by atoms with Crippen LogP contribution < -0.4 is 10.6 Å². The van der Waals surface area contributed by atoms with E-state index < -0.39 is 0 Å². The fraction of sp³-hybridized carbons (Fsp3) is 0.800.